The molecule has 0 saturated carbocycles. The van der Waals surface area contributed by atoms with Crippen LogP contribution in [0.2, 0.25) is 0 Å². The molecule has 3 nitrogen and oxygen atoms in total. The molecule has 0 aliphatic rings. The fourth-order valence-corrected chi connectivity index (χ4v) is 3.21. The minimum absolute atomic E-state index is 0.925. The highest BCUT2D eigenvalue weighted by Gasteiger charge is 2.12. The highest BCUT2D eigenvalue weighted by Crippen LogP contribution is 2.32. The third-order valence-electron chi connectivity index (χ3n) is 3.09. The first-order chi connectivity index (χ1) is 8.70. The third kappa shape index (κ3) is 1.61. The molecule has 0 spiro atoms. The summed E-state index contributed by atoms with van der Waals surface area (Å²) in [4.78, 5) is 6.66. The Morgan fingerprint density at radius 3 is 2.83 bits per heavy atom. The Labute approximate surface area is 110 Å². The molecule has 0 fully saturated rings. The van der Waals surface area contributed by atoms with Crippen molar-refractivity contribution in [3.8, 4) is 17.0 Å². The SMILES string of the molecule is COc1ccc(-c2c(C)sc3nccn23)cc1C. The van der Waals surface area contributed by atoms with E-state index in [1.165, 1.54) is 16.1 Å². The maximum atomic E-state index is 5.30. The van der Waals surface area contributed by atoms with Gasteiger partial charge in [0.25, 0.3) is 0 Å². The van der Waals surface area contributed by atoms with Gasteiger partial charge in [-0.1, -0.05) is 0 Å². The van der Waals surface area contributed by atoms with E-state index in [0.29, 0.717) is 0 Å². The van der Waals surface area contributed by atoms with Crippen molar-refractivity contribution in [2.45, 2.75) is 13.8 Å². The third-order valence-corrected chi connectivity index (χ3v) is 4.08. The lowest BCUT2D eigenvalue weighted by atomic mass is 10.1. The molecule has 1 aromatic carbocycles. The maximum Gasteiger partial charge on any atom is 0.194 e. The Morgan fingerprint density at radius 2 is 2.11 bits per heavy atom. The van der Waals surface area contributed by atoms with Gasteiger partial charge in [-0.3, -0.25) is 4.40 Å². The van der Waals surface area contributed by atoms with Crippen LogP contribution in [-0.2, 0) is 0 Å². The summed E-state index contributed by atoms with van der Waals surface area (Å²) in [5.41, 5.74) is 3.57. The smallest absolute Gasteiger partial charge is 0.194 e. The van der Waals surface area contributed by atoms with Crippen molar-refractivity contribution in [3.05, 3.63) is 41.0 Å². The highest BCUT2D eigenvalue weighted by atomic mass is 32.1. The number of nitrogens with zero attached hydrogens (tertiary/aromatic N) is 2. The van der Waals surface area contributed by atoms with Gasteiger partial charge in [0.15, 0.2) is 4.96 Å². The van der Waals surface area contributed by atoms with E-state index in [1.807, 2.05) is 18.5 Å². The van der Waals surface area contributed by atoms with Gasteiger partial charge < -0.3 is 4.74 Å². The highest BCUT2D eigenvalue weighted by molar-refractivity contribution is 7.17. The molecule has 0 amide bonds. The van der Waals surface area contributed by atoms with Crippen LogP contribution in [0.25, 0.3) is 16.2 Å². The van der Waals surface area contributed by atoms with Crippen LogP contribution in [0.4, 0.5) is 0 Å². The van der Waals surface area contributed by atoms with Crippen LogP contribution in [0.15, 0.2) is 30.6 Å². The summed E-state index contributed by atoms with van der Waals surface area (Å²) in [5.74, 6) is 0.925. The molecular weight excluding hydrogens is 244 g/mol. The first kappa shape index (κ1) is 11.3. The average molecular weight is 258 g/mol. The van der Waals surface area contributed by atoms with E-state index in [4.69, 9.17) is 4.74 Å². The number of ether oxygens (including phenoxy) is 1. The summed E-state index contributed by atoms with van der Waals surface area (Å²) in [7, 11) is 1.70. The molecule has 3 aromatic rings. The van der Waals surface area contributed by atoms with E-state index >= 15 is 0 Å². The van der Waals surface area contributed by atoms with Crippen molar-refractivity contribution in [2.75, 3.05) is 7.11 Å². The first-order valence-corrected chi connectivity index (χ1v) is 6.60. The fraction of sp³-hybridized carbons (Fsp3) is 0.214. The fourth-order valence-electron chi connectivity index (χ4n) is 2.26. The normalized spacial score (nSPS) is 11.1. The van der Waals surface area contributed by atoms with Gasteiger partial charge in [-0.05, 0) is 37.6 Å². The summed E-state index contributed by atoms with van der Waals surface area (Å²) in [6.07, 6.45) is 3.85. The second kappa shape index (κ2) is 4.14. The Balaban J connectivity index is 2.22. The van der Waals surface area contributed by atoms with Crippen molar-refractivity contribution in [1.29, 1.82) is 0 Å². The van der Waals surface area contributed by atoms with Gasteiger partial charge in [-0.15, -0.1) is 11.3 Å². The van der Waals surface area contributed by atoms with Gasteiger partial charge in [0, 0.05) is 22.8 Å². The minimum Gasteiger partial charge on any atom is -0.496 e. The summed E-state index contributed by atoms with van der Waals surface area (Å²) < 4.78 is 7.44. The molecule has 0 N–H and O–H groups in total. The van der Waals surface area contributed by atoms with Gasteiger partial charge in [0.2, 0.25) is 0 Å². The molecule has 0 aliphatic carbocycles. The zero-order chi connectivity index (χ0) is 12.7. The molecule has 0 unspecified atom stereocenters. The number of methoxy groups -OCH3 is 1. The van der Waals surface area contributed by atoms with E-state index < -0.39 is 0 Å². The maximum absolute atomic E-state index is 5.30. The lowest BCUT2D eigenvalue weighted by Gasteiger charge is -2.07. The number of hydrogen-bond acceptors (Lipinski definition) is 3. The molecule has 92 valence electrons. The number of fused-ring (bicyclic) bond motifs is 1. The van der Waals surface area contributed by atoms with Crippen LogP contribution in [0.1, 0.15) is 10.4 Å². The number of imidazole rings is 1. The topological polar surface area (TPSA) is 26.5 Å². The van der Waals surface area contributed by atoms with Crippen LogP contribution < -0.4 is 4.74 Å². The number of aromatic nitrogens is 2. The van der Waals surface area contributed by atoms with Gasteiger partial charge in [0.1, 0.15) is 5.75 Å². The van der Waals surface area contributed by atoms with Crippen LogP contribution >= 0.6 is 11.3 Å². The van der Waals surface area contributed by atoms with E-state index in [-0.39, 0.29) is 0 Å². The van der Waals surface area contributed by atoms with Crippen molar-refractivity contribution >= 4 is 16.3 Å². The average Bonchev–Trinajstić information content (AvgIpc) is 2.88. The van der Waals surface area contributed by atoms with Gasteiger partial charge in [-0.2, -0.15) is 0 Å². The first-order valence-electron chi connectivity index (χ1n) is 5.78. The number of rotatable bonds is 2. The van der Waals surface area contributed by atoms with E-state index in [9.17, 15) is 0 Å². The van der Waals surface area contributed by atoms with Crippen molar-refractivity contribution in [3.63, 3.8) is 0 Å². The van der Waals surface area contributed by atoms with Crippen LogP contribution in [0.5, 0.6) is 5.75 Å². The molecule has 18 heavy (non-hydrogen) atoms. The van der Waals surface area contributed by atoms with E-state index in [2.05, 4.69) is 35.4 Å². The summed E-state index contributed by atoms with van der Waals surface area (Å²) in [5, 5.41) is 0. The largest absolute Gasteiger partial charge is 0.496 e. The molecule has 0 radical (unpaired) electrons. The Morgan fingerprint density at radius 1 is 1.28 bits per heavy atom. The van der Waals surface area contributed by atoms with E-state index in [1.54, 1.807) is 18.4 Å². The minimum atomic E-state index is 0.925. The second-order valence-electron chi connectivity index (χ2n) is 4.27. The molecule has 3 rings (SSSR count). The molecule has 0 bridgehead atoms. The number of thiazole rings is 1. The predicted octanol–water partition coefficient (Wildman–Crippen LogP) is 3.69. The molecule has 0 saturated heterocycles. The van der Waals surface area contributed by atoms with E-state index in [0.717, 1.165) is 16.3 Å². The zero-order valence-corrected chi connectivity index (χ0v) is 11.4. The Kier molecular flexibility index (Phi) is 2.59. The summed E-state index contributed by atoms with van der Waals surface area (Å²) in [6, 6.07) is 6.28. The molecule has 0 atom stereocenters. The number of benzene rings is 1. The molecule has 0 aliphatic heterocycles. The lowest BCUT2D eigenvalue weighted by Crippen LogP contribution is -1.90. The van der Waals surface area contributed by atoms with Crippen molar-refractivity contribution in [1.82, 2.24) is 9.38 Å². The monoisotopic (exact) mass is 258 g/mol. The Hall–Kier alpha value is -1.81. The summed E-state index contributed by atoms with van der Waals surface area (Å²) in [6.45, 7) is 4.20. The molecule has 4 heteroatoms. The van der Waals surface area contributed by atoms with Crippen LogP contribution in [0, 0.1) is 13.8 Å². The van der Waals surface area contributed by atoms with Gasteiger partial charge >= 0.3 is 0 Å². The molecule has 2 heterocycles. The predicted molar refractivity (Wildman–Crippen MR) is 74.5 cm³/mol. The lowest BCUT2D eigenvalue weighted by molar-refractivity contribution is 0.412. The van der Waals surface area contributed by atoms with Crippen LogP contribution in [-0.4, -0.2) is 16.5 Å². The zero-order valence-electron chi connectivity index (χ0n) is 10.6. The Bertz CT molecular complexity index is 712. The number of hydrogen-bond donors (Lipinski definition) is 0. The van der Waals surface area contributed by atoms with Gasteiger partial charge in [0.05, 0.1) is 12.8 Å². The van der Waals surface area contributed by atoms with Crippen LogP contribution in [0.3, 0.4) is 0 Å². The quantitative estimate of drug-likeness (QED) is 0.701. The summed E-state index contributed by atoms with van der Waals surface area (Å²) >= 11 is 1.72. The van der Waals surface area contributed by atoms with Gasteiger partial charge in [-0.25, -0.2) is 4.98 Å². The molecule has 2 aromatic heterocycles. The number of aryl methyl sites for hydroxylation is 2. The van der Waals surface area contributed by atoms with Crippen molar-refractivity contribution in [2.24, 2.45) is 0 Å². The standard InChI is InChI=1S/C14H14N2OS/c1-9-8-11(4-5-12(9)17-3)13-10(2)18-14-15-6-7-16(13)14/h4-8H,1-3H3. The molecular formula is C14H14N2OS. The second-order valence-corrected chi connectivity index (χ2v) is 5.45. The van der Waals surface area contributed by atoms with Crippen molar-refractivity contribution < 1.29 is 4.74 Å².